The quantitative estimate of drug-likeness (QED) is 0.708. The number of nitrogens with zero attached hydrogens (tertiary/aromatic N) is 2. The largest absolute Gasteiger partial charge is 0.355 e. The molecule has 1 amide bonds. The van der Waals surface area contributed by atoms with Crippen LogP contribution in [-0.4, -0.2) is 22.5 Å². The Hall–Kier alpha value is -2.95. The Balaban J connectivity index is 1.87. The molecule has 122 valence electrons. The number of rotatable bonds is 5. The highest BCUT2D eigenvalue weighted by atomic mass is 19.1. The summed E-state index contributed by atoms with van der Waals surface area (Å²) in [5.41, 5.74) is 2.04. The van der Waals surface area contributed by atoms with E-state index in [-0.39, 0.29) is 11.7 Å². The van der Waals surface area contributed by atoms with Gasteiger partial charge >= 0.3 is 0 Å². The van der Waals surface area contributed by atoms with Crippen molar-refractivity contribution >= 4 is 5.91 Å². The van der Waals surface area contributed by atoms with Crippen molar-refractivity contribution in [3.63, 3.8) is 0 Å². The molecule has 4 nitrogen and oxygen atoms in total. The van der Waals surface area contributed by atoms with Gasteiger partial charge in [0.2, 0.25) is 0 Å². The van der Waals surface area contributed by atoms with Gasteiger partial charge in [-0.2, -0.15) is 0 Å². The molecular weight excluding hydrogens is 307 g/mol. The Morgan fingerprint density at radius 3 is 2.50 bits per heavy atom. The van der Waals surface area contributed by atoms with Crippen LogP contribution in [0.15, 0.2) is 65.3 Å². The van der Waals surface area contributed by atoms with E-state index < -0.39 is 0 Å². The van der Waals surface area contributed by atoms with Gasteiger partial charge in [0.1, 0.15) is 11.4 Å². The number of carbonyl (C=O) groups excluding carboxylic acids is 1. The summed E-state index contributed by atoms with van der Waals surface area (Å²) in [5.74, 6) is -0.154. The molecule has 1 heterocycles. The zero-order valence-electron chi connectivity index (χ0n) is 13.3. The molecule has 1 aromatic heterocycles. The van der Waals surface area contributed by atoms with E-state index in [4.69, 9.17) is 4.52 Å². The van der Waals surface area contributed by atoms with Crippen molar-refractivity contribution in [3.8, 4) is 11.3 Å². The third-order valence-electron chi connectivity index (χ3n) is 3.79. The first-order chi connectivity index (χ1) is 11.7. The smallest absolute Gasteiger partial charge is 0.259 e. The third-order valence-corrected chi connectivity index (χ3v) is 3.79. The summed E-state index contributed by atoms with van der Waals surface area (Å²) in [4.78, 5) is 14.6. The van der Waals surface area contributed by atoms with Gasteiger partial charge in [-0.1, -0.05) is 35.5 Å². The van der Waals surface area contributed by atoms with Crippen LogP contribution in [0.2, 0.25) is 0 Å². The van der Waals surface area contributed by atoms with E-state index >= 15 is 0 Å². The van der Waals surface area contributed by atoms with E-state index in [1.807, 2.05) is 37.3 Å². The van der Waals surface area contributed by atoms with Crippen LogP contribution in [0.3, 0.4) is 0 Å². The van der Waals surface area contributed by atoms with Crippen LogP contribution in [0.5, 0.6) is 0 Å². The van der Waals surface area contributed by atoms with Crippen LogP contribution in [0.1, 0.15) is 22.8 Å². The fourth-order valence-corrected chi connectivity index (χ4v) is 2.50. The molecule has 0 radical (unpaired) electrons. The van der Waals surface area contributed by atoms with Crippen molar-refractivity contribution in [1.29, 1.82) is 0 Å². The monoisotopic (exact) mass is 324 g/mol. The topological polar surface area (TPSA) is 46.3 Å². The first kappa shape index (κ1) is 15.9. The normalized spacial score (nSPS) is 10.6. The van der Waals surface area contributed by atoms with E-state index in [0.29, 0.717) is 30.0 Å². The summed E-state index contributed by atoms with van der Waals surface area (Å²) in [5, 5.41) is 3.75. The Morgan fingerprint density at radius 2 is 1.83 bits per heavy atom. The molecule has 24 heavy (non-hydrogen) atoms. The van der Waals surface area contributed by atoms with Gasteiger partial charge in [-0.25, -0.2) is 4.39 Å². The second kappa shape index (κ2) is 7.08. The minimum Gasteiger partial charge on any atom is -0.355 e. The Labute approximate surface area is 139 Å². The lowest BCUT2D eigenvalue weighted by Crippen LogP contribution is -2.30. The molecule has 0 saturated heterocycles. The molecule has 0 unspecified atom stereocenters. The zero-order chi connectivity index (χ0) is 16.9. The molecule has 3 aromatic rings. The second-order valence-electron chi connectivity index (χ2n) is 5.38. The van der Waals surface area contributed by atoms with Gasteiger partial charge in [-0.3, -0.25) is 4.79 Å². The van der Waals surface area contributed by atoms with Crippen LogP contribution >= 0.6 is 0 Å². The van der Waals surface area contributed by atoms with Crippen LogP contribution in [0, 0.1) is 5.82 Å². The molecular formula is C19H17FN2O2. The predicted octanol–water partition coefficient (Wildman–Crippen LogP) is 4.14. The molecule has 3 rings (SSSR count). The number of hydrogen-bond acceptors (Lipinski definition) is 3. The van der Waals surface area contributed by atoms with E-state index in [2.05, 4.69) is 5.16 Å². The molecule has 0 bridgehead atoms. The lowest BCUT2D eigenvalue weighted by atomic mass is 10.1. The summed E-state index contributed by atoms with van der Waals surface area (Å²) in [7, 11) is 0. The summed E-state index contributed by atoms with van der Waals surface area (Å²) in [6.45, 7) is 2.98. The number of carbonyl (C=O) groups is 1. The molecule has 0 spiro atoms. The Morgan fingerprint density at radius 1 is 1.12 bits per heavy atom. The van der Waals surface area contributed by atoms with E-state index in [1.54, 1.807) is 17.0 Å². The summed E-state index contributed by atoms with van der Waals surface area (Å²) in [6.07, 6.45) is 1.41. The number of amides is 1. The number of benzene rings is 2. The SMILES string of the molecule is CCN(Cc1ccccc1)C(=O)c1cnoc1-c1ccc(F)cc1. The molecule has 0 saturated carbocycles. The number of hydrogen-bond donors (Lipinski definition) is 0. The lowest BCUT2D eigenvalue weighted by Gasteiger charge is -2.20. The average molecular weight is 324 g/mol. The highest BCUT2D eigenvalue weighted by molar-refractivity contribution is 5.99. The van der Waals surface area contributed by atoms with Crippen molar-refractivity contribution in [2.45, 2.75) is 13.5 Å². The highest BCUT2D eigenvalue weighted by Gasteiger charge is 2.22. The maximum absolute atomic E-state index is 13.1. The van der Waals surface area contributed by atoms with Crippen molar-refractivity contribution in [1.82, 2.24) is 10.1 Å². The third kappa shape index (κ3) is 3.35. The van der Waals surface area contributed by atoms with Gasteiger partial charge in [0.15, 0.2) is 5.76 Å². The maximum Gasteiger partial charge on any atom is 0.259 e. The zero-order valence-corrected chi connectivity index (χ0v) is 13.3. The fraction of sp³-hybridized carbons (Fsp3) is 0.158. The van der Waals surface area contributed by atoms with Gasteiger partial charge in [-0.05, 0) is 36.8 Å². The minimum atomic E-state index is -0.342. The molecule has 5 heteroatoms. The molecule has 2 aromatic carbocycles. The summed E-state index contributed by atoms with van der Waals surface area (Å²) in [6, 6.07) is 15.6. The van der Waals surface area contributed by atoms with Crippen molar-refractivity contribution in [2.75, 3.05) is 6.54 Å². The van der Waals surface area contributed by atoms with Gasteiger partial charge < -0.3 is 9.42 Å². The predicted molar refractivity (Wildman–Crippen MR) is 88.8 cm³/mol. The van der Waals surface area contributed by atoms with Gasteiger partial charge in [0.25, 0.3) is 5.91 Å². The molecule has 0 aliphatic heterocycles. The first-order valence-corrected chi connectivity index (χ1v) is 7.73. The van der Waals surface area contributed by atoms with E-state index in [0.717, 1.165) is 5.56 Å². The Bertz CT molecular complexity index is 813. The second-order valence-corrected chi connectivity index (χ2v) is 5.38. The fourth-order valence-electron chi connectivity index (χ4n) is 2.50. The van der Waals surface area contributed by atoms with Crippen LogP contribution in [-0.2, 0) is 6.54 Å². The highest BCUT2D eigenvalue weighted by Crippen LogP contribution is 2.25. The molecule has 0 fully saturated rings. The van der Waals surface area contributed by atoms with Crippen molar-refractivity contribution in [2.24, 2.45) is 0 Å². The van der Waals surface area contributed by atoms with Crippen LogP contribution in [0.4, 0.5) is 4.39 Å². The summed E-state index contributed by atoms with van der Waals surface area (Å²) < 4.78 is 18.3. The van der Waals surface area contributed by atoms with E-state index in [1.165, 1.54) is 18.3 Å². The van der Waals surface area contributed by atoms with E-state index in [9.17, 15) is 9.18 Å². The summed E-state index contributed by atoms with van der Waals surface area (Å²) >= 11 is 0. The number of aromatic nitrogens is 1. The standard InChI is InChI=1S/C19H17FN2O2/c1-2-22(13-14-6-4-3-5-7-14)19(23)17-12-21-24-18(17)15-8-10-16(20)11-9-15/h3-12H,2,13H2,1H3. The molecule has 0 N–H and O–H groups in total. The first-order valence-electron chi connectivity index (χ1n) is 7.73. The van der Waals surface area contributed by atoms with Crippen LogP contribution < -0.4 is 0 Å². The Kier molecular flexibility index (Phi) is 4.70. The average Bonchev–Trinajstić information content (AvgIpc) is 3.10. The molecule has 0 aliphatic rings. The van der Waals surface area contributed by atoms with Crippen LogP contribution in [0.25, 0.3) is 11.3 Å². The minimum absolute atomic E-state index is 0.165. The van der Waals surface area contributed by atoms with Gasteiger partial charge in [0, 0.05) is 18.7 Å². The molecule has 0 aliphatic carbocycles. The maximum atomic E-state index is 13.1. The molecule has 0 atom stereocenters. The van der Waals surface area contributed by atoms with Crippen molar-refractivity contribution < 1.29 is 13.7 Å². The van der Waals surface area contributed by atoms with Crippen molar-refractivity contribution in [3.05, 3.63) is 77.7 Å². The lowest BCUT2D eigenvalue weighted by molar-refractivity contribution is 0.0753. The number of halogens is 1. The van der Waals surface area contributed by atoms with Gasteiger partial charge in [-0.15, -0.1) is 0 Å². The van der Waals surface area contributed by atoms with Gasteiger partial charge in [0.05, 0.1) is 6.20 Å².